The standard InChI is InChI=1S/C23H18N2O3/c26-17-11-12-23-18(15-7-3-1-4-8-15)14-20(27)25(23)21(16-9-5-2-6-10-16)22(28)24-19(23)13-17/h1-12,14,19,21H,13H2,(H,24,28)/t19-,21+,23+/m1/s1. The minimum absolute atomic E-state index is 0.0548. The number of ketones is 1. The van der Waals surface area contributed by atoms with Crippen molar-refractivity contribution in [2.75, 3.05) is 0 Å². The van der Waals surface area contributed by atoms with Crippen LogP contribution in [0.1, 0.15) is 23.6 Å². The lowest BCUT2D eigenvalue weighted by Gasteiger charge is -2.52. The first-order chi connectivity index (χ1) is 13.6. The van der Waals surface area contributed by atoms with Gasteiger partial charge in [0.1, 0.15) is 11.6 Å². The van der Waals surface area contributed by atoms with E-state index in [4.69, 9.17) is 0 Å². The fourth-order valence-electron chi connectivity index (χ4n) is 4.65. The molecule has 3 aliphatic rings. The van der Waals surface area contributed by atoms with Gasteiger partial charge in [0.2, 0.25) is 11.8 Å². The molecule has 5 rings (SSSR count). The van der Waals surface area contributed by atoms with Gasteiger partial charge in [-0.15, -0.1) is 0 Å². The van der Waals surface area contributed by atoms with Crippen LogP contribution in [0.15, 0.2) is 78.9 Å². The molecule has 0 radical (unpaired) electrons. The zero-order valence-electron chi connectivity index (χ0n) is 15.0. The van der Waals surface area contributed by atoms with Gasteiger partial charge in [-0.2, -0.15) is 0 Å². The summed E-state index contributed by atoms with van der Waals surface area (Å²) in [4.78, 5) is 40.0. The van der Waals surface area contributed by atoms with E-state index in [-0.39, 0.29) is 24.0 Å². The average Bonchev–Trinajstić information content (AvgIpc) is 3.01. The fourth-order valence-corrected chi connectivity index (χ4v) is 4.65. The van der Waals surface area contributed by atoms with Crippen LogP contribution in [-0.4, -0.2) is 34.1 Å². The molecule has 5 heteroatoms. The van der Waals surface area contributed by atoms with Gasteiger partial charge in [-0.3, -0.25) is 14.4 Å². The van der Waals surface area contributed by atoms with E-state index in [9.17, 15) is 14.4 Å². The van der Waals surface area contributed by atoms with Gasteiger partial charge in [-0.25, -0.2) is 0 Å². The topological polar surface area (TPSA) is 66.5 Å². The van der Waals surface area contributed by atoms with Crippen LogP contribution in [-0.2, 0) is 14.4 Å². The molecule has 3 atom stereocenters. The van der Waals surface area contributed by atoms with Crippen molar-refractivity contribution >= 4 is 23.2 Å². The summed E-state index contributed by atoms with van der Waals surface area (Å²) in [6.45, 7) is 0. The lowest BCUT2D eigenvalue weighted by atomic mass is 9.72. The maximum Gasteiger partial charge on any atom is 0.248 e. The molecule has 2 heterocycles. The molecule has 0 aromatic heterocycles. The second kappa shape index (κ2) is 6.02. The molecule has 28 heavy (non-hydrogen) atoms. The molecule has 1 N–H and O–H groups in total. The van der Waals surface area contributed by atoms with Gasteiger partial charge in [0.25, 0.3) is 0 Å². The molecule has 2 amide bonds. The highest BCUT2D eigenvalue weighted by atomic mass is 16.2. The number of hydrogen-bond donors (Lipinski definition) is 1. The number of benzene rings is 2. The van der Waals surface area contributed by atoms with Gasteiger partial charge in [-0.1, -0.05) is 60.7 Å². The summed E-state index contributed by atoms with van der Waals surface area (Å²) in [5.41, 5.74) is 1.60. The van der Waals surface area contributed by atoms with E-state index < -0.39 is 17.6 Å². The maximum absolute atomic E-state index is 13.2. The minimum atomic E-state index is -0.874. The Hall–Kier alpha value is -3.47. The van der Waals surface area contributed by atoms with Crippen molar-refractivity contribution in [3.05, 3.63) is 90.0 Å². The Bertz CT molecular complexity index is 1040. The predicted molar refractivity (Wildman–Crippen MR) is 104 cm³/mol. The van der Waals surface area contributed by atoms with Gasteiger partial charge in [0, 0.05) is 12.5 Å². The van der Waals surface area contributed by atoms with Gasteiger partial charge in [0.05, 0.1) is 6.04 Å². The third-order valence-corrected chi connectivity index (χ3v) is 5.82. The molecule has 1 spiro atoms. The van der Waals surface area contributed by atoms with Gasteiger partial charge >= 0.3 is 0 Å². The molecule has 1 fully saturated rings. The van der Waals surface area contributed by atoms with Crippen LogP contribution < -0.4 is 5.32 Å². The van der Waals surface area contributed by atoms with Crippen molar-refractivity contribution in [2.24, 2.45) is 0 Å². The van der Waals surface area contributed by atoms with Crippen LogP contribution in [0.3, 0.4) is 0 Å². The third kappa shape index (κ3) is 2.22. The first-order valence-electron chi connectivity index (χ1n) is 9.29. The van der Waals surface area contributed by atoms with E-state index in [2.05, 4.69) is 5.32 Å². The summed E-state index contributed by atoms with van der Waals surface area (Å²) < 4.78 is 0. The number of hydrogen-bond acceptors (Lipinski definition) is 3. The van der Waals surface area contributed by atoms with Crippen molar-refractivity contribution in [1.29, 1.82) is 0 Å². The average molecular weight is 370 g/mol. The van der Waals surface area contributed by atoms with Crippen molar-refractivity contribution in [2.45, 2.75) is 24.0 Å². The molecule has 0 unspecified atom stereocenters. The molecule has 2 aliphatic heterocycles. The van der Waals surface area contributed by atoms with Crippen LogP contribution in [0.2, 0.25) is 0 Å². The summed E-state index contributed by atoms with van der Waals surface area (Å²) in [6.07, 6.45) is 5.11. The fraction of sp³-hybridized carbons (Fsp3) is 0.174. The van der Waals surface area contributed by atoms with Gasteiger partial charge < -0.3 is 10.2 Å². The molecule has 5 nitrogen and oxygen atoms in total. The van der Waals surface area contributed by atoms with E-state index >= 15 is 0 Å². The molecule has 0 saturated carbocycles. The van der Waals surface area contributed by atoms with Crippen LogP contribution in [0, 0.1) is 0 Å². The minimum Gasteiger partial charge on any atom is -0.348 e. The summed E-state index contributed by atoms with van der Waals surface area (Å²) in [5, 5.41) is 3.03. The molecular weight excluding hydrogens is 352 g/mol. The molecule has 138 valence electrons. The zero-order chi connectivity index (χ0) is 19.3. The maximum atomic E-state index is 13.2. The number of nitrogens with one attached hydrogen (secondary N) is 1. The zero-order valence-corrected chi connectivity index (χ0v) is 15.0. The highest BCUT2D eigenvalue weighted by Crippen LogP contribution is 2.50. The van der Waals surface area contributed by atoms with Crippen molar-refractivity contribution in [3.8, 4) is 0 Å². The highest BCUT2D eigenvalue weighted by molar-refractivity contribution is 6.10. The first kappa shape index (κ1) is 16.7. The van der Waals surface area contributed by atoms with Crippen LogP contribution in [0.4, 0.5) is 0 Å². The first-order valence-corrected chi connectivity index (χ1v) is 9.29. The molecule has 1 aliphatic carbocycles. The van der Waals surface area contributed by atoms with E-state index in [1.54, 1.807) is 23.1 Å². The summed E-state index contributed by atoms with van der Waals surface area (Å²) in [5.74, 6) is -0.529. The molecule has 2 aromatic carbocycles. The summed E-state index contributed by atoms with van der Waals surface area (Å²) in [7, 11) is 0. The SMILES string of the molecule is O=C1C=C[C@@]23C(c4ccccc4)=CC(=O)N2[C@@H](c2ccccc2)C(=O)N[C@@H]3C1. The Kier molecular flexibility index (Phi) is 3.59. The molecular formula is C23H18N2O3. The molecule has 2 aromatic rings. The van der Waals surface area contributed by atoms with Crippen LogP contribution >= 0.6 is 0 Å². The van der Waals surface area contributed by atoms with Crippen molar-refractivity contribution in [1.82, 2.24) is 10.2 Å². The van der Waals surface area contributed by atoms with E-state index in [1.165, 1.54) is 0 Å². The number of piperazine rings is 1. The Morgan fingerprint density at radius 2 is 1.61 bits per heavy atom. The highest BCUT2D eigenvalue weighted by Gasteiger charge is 2.60. The van der Waals surface area contributed by atoms with Crippen molar-refractivity contribution < 1.29 is 14.4 Å². The Morgan fingerprint density at radius 3 is 2.32 bits per heavy atom. The van der Waals surface area contributed by atoms with E-state index in [1.807, 2.05) is 60.7 Å². The van der Waals surface area contributed by atoms with Crippen molar-refractivity contribution in [3.63, 3.8) is 0 Å². The number of nitrogens with zero attached hydrogens (tertiary/aromatic N) is 1. The number of amides is 2. The second-order valence-electron chi connectivity index (χ2n) is 7.34. The van der Waals surface area contributed by atoms with Crippen LogP contribution in [0.5, 0.6) is 0 Å². The number of carbonyl (C=O) groups is 3. The van der Waals surface area contributed by atoms with Crippen LogP contribution in [0.25, 0.3) is 5.57 Å². The van der Waals surface area contributed by atoms with E-state index in [0.29, 0.717) is 0 Å². The summed E-state index contributed by atoms with van der Waals surface area (Å²) >= 11 is 0. The Morgan fingerprint density at radius 1 is 0.929 bits per heavy atom. The monoisotopic (exact) mass is 370 g/mol. The normalized spacial score (nSPS) is 28.5. The Labute approximate surface area is 162 Å². The third-order valence-electron chi connectivity index (χ3n) is 5.82. The Balaban J connectivity index is 1.73. The number of carbonyl (C=O) groups excluding carboxylic acids is 3. The largest absolute Gasteiger partial charge is 0.348 e. The number of allylic oxidation sites excluding steroid dienone is 1. The van der Waals surface area contributed by atoms with E-state index in [0.717, 1.165) is 16.7 Å². The molecule has 0 bridgehead atoms. The quantitative estimate of drug-likeness (QED) is 0.883. The van der Waals surface area contributed by atoms with Gasteiger partial charge in [-0.05, 0) is 28.9 Å². The lowest BCUT2D eigenvalue weighted by Crippen LogP contribution is -2.69. The smallest absolute Gasteiger partial charge is 0.248 e. The number of rotatable bonds is 2. The predicted octanol–water partition coefficient (Wildman–Crippen LogP) is 2.42. The second-order valence-corrected chi connectivity index (χ2v) is 7.34. The van der Waals surface area contributed by atoms with Gasteiger partial charge in [0.15, 0.2) is 5.78 Å². The molecule has 1 saturated heterocycles. The lowest BCUT2D eigenvalue weighted by molar-refractivity contribution is -0.147. The summed E-state index contributed by atoms with van der Waals surface area (Å²) in [6, 6.07) is 17.7.